The standard InChI is InChI=1S/C7H4F3.Zn/c8-6-3-1-2-5(4-6)7(9)10;/h1-2,4,7H;/q-1;. The second-order valence-electron chi connectivity index (χ2n) is 1.77. The largest absolute Gasteiger partial charge is 0.242 e. The molecule has 0 aromatic heterocycles. The van der Waals surface area contributed by atoms with Gasteiger partial charge in [-0.05, 0) is 0 Å². The quantitative estimate of drug-likeness (QED) is 0.494. The van der Waals surface area contributed by atoms with E-state index in [4.69, 9.17) is 0 Å². The zero-order valence-electron chi connectivity index (χ0n) is 5.65. The van der Waals surface area contributed by atoms with Crippen LogP contribution in [0.2, 0.25) is 0 Å². The first-order valence-corrected chi connectivity index (χ1v) is 2.65. The van der Waals surface area contributed by atoms with Crippen molar-refractivity contribution in [2.45, 2.75) is 6.43 Å². The summed E-state index contributed by atoms with van der Waals surface area (Å²) in [6.45, 7) is 0. The second-order valence-corrected chi connectivity index (χ2v) is 1.77. The number of halogens is 3. The van der Waals surface area contributed by atoms with Crippen LogP contribution in [0.15, 0.2) is 18.2 Å². The Kier molecular flexibility index (Phi) is 4.35. The minimum atomic E-state index is -2.61. The van der Waals surface area contributed by atoms with E-state index in [1.807, 2.05) is 0 Å². The molecule has 0 aliphatic carbocycles. The molecule has 0 atom stereocenters. The predicted octanol–water partition coefficient (Wildman–Crippen LogP) is 2.56. The molecular formula is C7H4F3Zn-. The van der Waals surface area contributed by atoms with E-state index in [0.717, 1.165) is 18.2 Å². The van der Waals surface area contributed by atoms with Gasteiger partial charge in [0.25, 0.3) is 0 Å². The summed E-state index contributed by atoms with van der Waals surface area (Å²) in [6.07, 6.45) is -2.61. The van der Waals surface area contributed by atoms with Gasteiger partial charge in [-0.2, -0.15) is 12.1 Å². The molecule has 0 N–H and O–H groups in total. The Labute approximate surface area is 75.2 Å². The molecule has 0 aliphatic heterocycles. The van der Waals surface area contributed by atoms with Crippen LogP contribution < -0.4 is 0 Å². The van der Waals surface area contributed by atoms with Crippen molar-refractivity contribution in [3.05, 3.63) is 35.6 Å². The van der Waals surface area contributed by atoms with Crippen molar-refractivity contribution in [3.8, 4) is 0 Å². The van der Waals surface area contributed by atoms with Crippen LogP contribution in [0.25, 0.3) is 0 Å². The van der Waals surface area contributed by atoms with Gasteiger partial charge < -0.3 is 0 Å². The van der Waals surface area contributed by atoms with Crippen molar-refractivity contribution in [2.75, 3.05) is 0 Å². The maximum Gasteiger partial charge on any atom is 0.242 e. The summed E-state index contributed by atoms with van der Waals surface area (Å²) < 4.78 is 35.7. The topological polar surface area (TPSA) is 0 Å². The molecular weight excluding hydrogens is 206 g/mol. The summed E-state index contributed by atoms with van der Waals surface area (Å²) in [5.41, 5.74) is -0.309. The van der Waals surface area contributed by atoms with Crippen LogP contribution in [0, 0.1) is 11.9 Å². The van der Waals surface area contributed by atoms with Crippen LogP contribution in [-0.4, -0.2) is 0 Å². The molecule has 0 bridgehead atoms. The van der Waals surface area contributed by atoms with Crippen LogP contribution in [0.5, 0.6) is 0 Å². The Balaban J connectivity index is 0.000001000. The Morgan fingerprint density at radius 3 is 2.36 bits per heavy atom. The zero-order chi connectivity index (χ0) is 7.56. The van der Waals surface area contributed by atoms with Gasteiger partial charge in [-0.25, -0.2) is 13.2 Å². The monoisotopic (exact) mass is 209 g/mol. The third-order valence-corrected chi connectivity index (χ3v) is 1.04. The third kappa shape index (κ3) is 3.02. The zero-order valence-corrected chi connectivity index (χ0v) is 8.62. The van der Waals surface area contributed by atoms with E-state index in [0.29, 0.717) is 0 Å². The summed E-state index contributed by atoms with van der Waals surface area (Å²) in [7, 11) is 0. The fourth-order valence-electron chi connectivity index (χ4n) is 0.589. The van der Waals surface area contributed by atoms with Gasteiger partial charge >= 0.3 is 0 Å². The van der Waals surface area contributed by atoms with Crippen LogP contribution in [-0.2, 0) is 19.5 Å². The average Bonchev–Trinajstić information content (AvgIpc) is 1.88. The van der Waals surface area contributed by atoms with Crippen molar-refractivity contribution in [1.29, 1.82) is 0 Å². The molecule has 1 rings (SSSR count). The van der Waals surface area contributed by atoms with Crippen LogP contribution >= 0.6 is 0 Å². The first kappa shape index (κ1) is 10.6. The van der Waals surface area contributed by atoms with Crippen molar-refractivity contribution in [2.24, 2.45) is 0 Å². The number of benzene rings is 1. The first-order chi connectivity index (χ1) is 4.70. The molecule has 56 valence electrons. The van der Waals surface area contributed by atoms with E-state index in [2.05, 4.69) is 6.07 Å². The Morgan fingerprint density at radius 1 is 1.36 bits per heavy atom. The molecule has 4 heteroatoms. The molecule has 0 saturated carbocycles. The minimum Gasteiger partial charge on any atom is -0.236 e. The van der Waals surface area contributed by atoms with E-state index in [1.165, 1.54) is 0 Å². The van der Waals surface area contributed by atoms with Gasteiger partial charge in [0.15, 0.2) is 0 Å². The number of hydrogen-bond acceptors (Lipinski definition) is 0. The number of rotatable bonds is 1. The molecule has 0 nitrogen and oxygen atoms in total. The van der Waals surface area contributed by atoms with Crippen molar-refractivity contribution >= 4 is 0 Å². The molecule has 0 unspecified atom stereocenters. The molecule has 0 spiro atoms. The van der Waals surface area contributed by atoms with Crippen LogP contribution in [0.1, 0.15) is 12.0 Å². The molecule has 11 heavy (non-hydrogen) atoms. The number of alkyl halides is 2. The van der Waals surface area contributed by atoms with Gasteiger partial charge in [-0.15, -0.1) is 12.1 Å². The van der Waals surface area contributed by atoms with Gasteiger partial charge in [0, 0.05) is 25.3 Å². The van der Waals surface area contributed by atoms with Gasteiger partial charge in [0.1, 0.15) is 0 Å². The van der Waals surface area contributed by atoms with E-state index in [1.54, 1.807) is 0 Å². The van der Waals surface area contributed by atoms with Gasteiger partial charge in [-0.1, -0.05) is 5.56 Å². The summed E-state index contributed by atoms with van der Waals surface area (Å²) >= 11 is 0. The van der Waals surface area contributed by atoms with Crippen molar-refractivity contribution < 1.29 is 32.6 Å². The Hall–Kier alpha value is -0.367. The predicted molar refractivity (Wildman–Crippen MR) is 30.2 cm³/mol. The average molecular weight is 210 g/mol. The normalized spacial score (nSPS) is 9.45. The maximum absolute atomic E-state index is 12.1. The van der Waals surface area contributed by atoms with Crippen molar-refractivity contribution in [1.82, 2.24) is 0 Å². The molecule has 0 saturated heterocycles. The SMILES string of the molecule is Fc1[c-]ccc(C(F)F)c1.[Zn]. The molecule has 0 amide bonds. The van der Waals surface area contributed by atoms with E-state index in [9.17, 15) is 13.2 Å². The van der Waals surface area contributed by atoms with Gasteiger partial charge in [0.05, 0.1) is 0 Å². The van der Waals surface area contributed by atoms with E-state index in [-0.39, 0.29) is 25.0 Å². The van der Waals surface area contributed by atoms with E-state index >= 15 is 0 Å². The molecule has 0 fully saturated rings. The summed E-state index contributed by atoms with van der Waals surface area (Å²) in [5, 5.41) is 0. The summed E-state index contributed by atoms with van der Waals surface area (Å²) in [6, 6.07) is 5.16. The summed E-state index contributed by atoms with van der Waals surface area (Å²) in [5.74, 6) is -0.752. The smallest absolute Gasteiger partial charge is 0.236 e. The fraction of sp³-hybridized carbons (Fsp3) is 0.143. The molecule has 1 aromatic rings. The maximum atomic E-state index is 12.1. The third-order valence-electron chi connectivity index (χ3n) is 1.04. The first-order valence-electron chi connectivity index (χ1n) is 2.65. The molecule has 1 aromatic carbocycles. The van der Waals surface area contributed by atoms with Crippen molar-refractivity contribution in [3.63, 3.8) is 0 Å². The van der Waals surface area contributed by atoms with E-state index < -0.39 is 12.2 Å². The minimum absolute atomic E-state index is 0. The molecule has 0 aliphatic rings. The second kappa shape index (κ2) is 4.50. The molecule has 0 heterocycles. The Bertz CT molecular complexity index is 225. The summed E-state index contributed by atoms with van der Waals surface area (Å²) in [4.78, 5) is 0. The fourth-order valence-corrected chi connectivity index (χ4v) is 0.589. The number of hydrogen-bond donors (Lipinski definition) is 0. The van der Waals surface area contributed by atoms with Gasteiger partial charge in [-0.3, -0.25) is 0 Å². The Morgan fingerprint density at radius 2 is 2.00 bits per heavy atom. The van der Waals surface area contributed by atoms with Crippen LogP contribution in [0.4, 0.5) is 13.2 Å². The van der Waals surface area contributed by atoms with Gasteiger partial charge in [0.2, 0.25) is 6.43 Å². The van der Waals surface area contributed by atoms with Crippen LogP contribution in [0.3, 0.4) is 0 Å². The molecule has 0 radical (unpaired) electrons.